The van der Waals surface area contributed by atoms with Crippen molar-refractivity contribution < 1.29 is 19.4 Å². The molecule has 0 spiro atoms. The van der Waals surface area contributed by atoms with Crippen LogP contribution in [0.25, 0.3) is 21.7 Å². The number of ether oxygens (including phenoxy) is 1. The molecule has 7 nitrogen and oxygen atoms in total. The van der Waals surface area contributed by atoms with Gasteiger partial charge in [-0.1, -0.05) is 12.1 Å². The topological polar surface area (TPSA) is 104 Å². The van der Waals surface area contributed by atoms with Gasteiger partial charge in [-0.25, -0.2) is 4.79 Å². The number of nitrogens with one attached hydrogen (secondary N) is 2. The molecule has 4 rings (SSSR count). The maximum absolute atomic E-state index is 12.6. The summed E-state index contributed by atoms with van der Waals surface area (Å²) in [7, 11) is 1.59. The van der Waals surface area contributed by atoms with E-state index in [2.05, 4.69) is 15.3 Å². The molecule has 27 heavy (non-hydrogen) atoms. The molecule has 0 aliphatic rings. The number of H-pyrrole nitrogens is 1. The summed E-state index contributed by atoms with van der Waals surface area (Å²) in [6.07, 6.45) is 1.61. The van der Waals surface area contributed by atoms with Crippen molar-refractivity contribution in [2.24, 2.45) is 0 Å². The van der Waals surface area contributed by atoms with Crippen molar-refractivity contribution in [2.45, 2.75) is 0 Å². The minimum atomic E-state index is -1.03. The molecule has 0 atom stereocenters. The highest BCUT2D eigenvalue weighted by Gasteiger charge is 2.12. The number of carbonyl (C=O) groups excluding carboxylic acids is 1. The van der Waals surface area contributed by atoms with Crippen molar-refractivity contribution in [3.63, 3.8) is 0 Å². The summed E-state index contributed by atoms with van der Waals surface area (Å²) in [4.78, 5) is 30.6. The van der Waals surface area contributed by atoms with Crippen molar-refractivity contribution >= 4 is 39.2 Å². The van der Waals surface area contributed by atoms with Crippen LogP contribution < -0.4 is 10.1 Å². The molecule has 0 saturated carbocycles. The number of nitrogens with zero attached hydrogens (tertiary/aromatic N) is 1. The fraction of sp³-hybridized carbons (Fsp3) is 0.0500. The van der Waals surface area contributed by atoms with Gasteiger partial charge in [0.2, 0.25) is 0 Å². The predicted octanol–water partition coefficient (Wildman–Crippen LogP) is 3.68. The van der Waals surface area contributed by atoms with Crippen LogP contribution in [0.1, 0.15) is 21.0 Å². The van der Waals surface area contributed by atoms with E-state index in [9.17, 15) is 9.59 Å². The lowest BCUT2D eigenvalue weighted by atomic mass is 10.1. The summed E-state index contributed by atoms with van der Waals surface area (Å²) < 4.78 is 5.30. The summed E-state index contributed by atoms with van der Waals surface area (Å²) in [6.45, 7) is 0. The number of anilines is 1. The Kier molecular flexibility index (Phi) is 3.97. The Balaban J connectivity index is 1.62. The highest BCUT2D eigenvalue weighted by Crippen LogP contribution is 2.25. The fourth-order valence-corrected chi connectivity index (χ4v) is 2.97. The highest BCUT2D eigenvalue weighted by molar-refractivity contribution is 6.06. The molecule has 134 valence electrons. The van der Waals surface area contributed by atoms with Crippen LogP contribution >= 0.6 is 0 Å². The van der Waals surface area contributed by atoms with Crippen LogP contribution in [0.2, 0.25) is 0 Å². The van der Waals surface area contributed by atoms with Gasteiger partial charge in [0.1, 0.15) is 17.1 Å². The molecule has 7 heteroatoms. The van der Waals surface area contributed by atoms with Crippen LogP contribution in [0.5, 0.6) is 5.75 Å². The summed E-state index contributed by atoms with van der Waals surface area (Å²) in [5, 5.41) is 14.2. The molecule has 2 heterocycles. The van der Waals surface area contributed by atoms with E-state index in [0.717, 1.165) is 10.8 Å². The number of carboxylic acids is 1. The molecule has 0 aliphatic heterocycles. The summed E-state index contributed by atoms with van der Waals surface area (Å²) >= 11 is 0. The van der Waals surface area contributed by atoms with Gasteiger partial charge in [-0.3, -0.25) is 9.78 Å². The molecule has 0 radical (unpaired) electrons. The Bertz CT molecular complexity index is 1200. The number of pyridine rings is 1. The number of fused-ring (bicyclic) bond motifs is 2. The van der Waals surface area contributed by atoms with E-state index in [-0.39, 0.29) is 17.3 Å². The molecule has 0 bridgehead atoms. The first kappa shape index (κ1) is 16.6. The second-order valence-electron chi connectivity index (χ2n) is 6.00. The first-order valence-electron chi connectivity index (χ1n) is 8.15. The van der Waals surface area contributed by atoms with Gasteiger partial charge in [-0.05, 0) is 41.8 Å². The van der Waals surface area contributed by atoms with Crippen molar-refractivity contribution in [1.82, 2.24) is 9.97 Å². The molecular formula is C20H15N3O4. The molecule has 0 unspecified atom stereocenters. The van der Waals surface area contributed by atoms with Gasteiger partial charge in [0.05, 0.1) is 7.11 Å². The van der Waals surface area contributed by atoms with Crippen LogP contribution in [-0.2, 0) is 0 Å². The Labute approximate surface area is 153 Å². The van der Waals surface area contributed by atoms with Gasteiger partial charge in [0, 0.05) is 28.2 Å². The third-order valence-electron chi connectivity index (χ3n) is 4.29. The largest absolute Gasteiger partial charge is 0.496 e. The average molecular weight is 361 g/mol. The lowest BCUT2D eigenvalue weighted by Crippen LogP contribution is -2.13. The third kappa shape index (κ3) is 3.06. The minimum Gasteiger partial charge on any atom is -0.496 e. The van der Waals surface area contributed by atoms with Crippen LogP contribution in [0, 0.1) is 0 Å². The first-order chi connectivity index (χ1) is 13.0. The molecule has 1 amide bonds. The van der Waals surface area contributed by atoms with Gasteiger partial charge in [0.25, 0.3) is 5.91 Å². The van der Waals surface area contributed by atoms with E-state index in [0.29, 0.717) is 22.3 Å². The lowest BCUT2D eigenvalue weighted by Gasteiger charge is -2.08. The second kappa shape index (κ2) is 6.45. The van der Waals surface area contributed by atoms with Crippen molar-refractivity contribution in [1.29, 1.82) is 0 Å². The Morgan fingerprint density at radius 2 is 1.96 bits per heavy atom. The summed E-state index contributed by atoms with van der Waals surface area (Å²) in [5.74, 6) is -0.695. The first-order valence-corrected chi connectivity index (χ1v) is 8.15. The summed E-state index contributed by atoms with van der Waals surface area (Å²) in [5.41, 5.74) is 1.60. The number of aromatic carboxylic acids is 1. The molecule has 2 aromatic heterocycles. The number of aromatic amines is 1. The molecule has 0 fully saturated rings. The number of amides is 1. The quantitative estimate of drug-likeness (QED) is 0.514. The van der Waals surface area contributed by atoms with E-state index in [1.807, 2.05) is 18.2 Å². The average Bonchev–Trinajstić information content (AvgIpc) is 3.10. The number of aromatic nitrogens is 2. The summed E-state index contributed by atoms with van der Waals surface area (Å²) in [6, 6.07) is 13.9. The highest BCUT2D eigenvalue weighted by atomic mass is 16.5. The monoisotopic (exact) mass is 361 g/mol. The zero-order chi connectivity index (χ0) is 19.0. The number of methoxy groups -OCH3 is 1. The maximum Gasteiger partial charge on any atom is 0.352 e. The number of benzene rings is 2. The van der Waals surface area contributed by atoms with Gasteiger partial charge in [0.15, 0.2) is 0 Å². The van der Waals surface area contributed by atoms with Gasteiger partial charge in [-0.2, -0.15) is 0 Å². The van der Waals surface area contributed by atoms with Crippen LogP contribution in [0.3, 0.4) is 0 Å². The van der Waals surface area contributed by atoms with E-state index >= 15 is 0 Å². The molecule has 0 aliphatic carbocycles. The smallest absolute Gasteiger partial charge is 0.352 e. The zero-order valence-electron chi connectivity index (χ0n) is 14.3. The van der Waals surface area contributed by atoms with E-state index in [4.69, 9.17) is 9.84 Å². The molecule has 0 saturated heterocycles. The van der Waals surface area contributed by atoms with Crippen molar-refractivity contribution in [3.05, 3.63) is 66.1 Å². The third-order valence-corrected chi connectivity index (χ3v) is 4.29. The normalized spacial score (nSPS) is 10.9. The SMILES string of the molecule is COc1cccc2cc(C(=O)Nc3ccc4[nH]c(C(=O)O)cc4c3)ncc12. The predicted molar refractivity (Wildman–Crippen MR) is 102 cm³/mol. The van der Waals surface area contributed by atoms with Gasteiger partial charge >= 0.3 is 5.97 Å². The molecular weight excluding hydrogens is 346 g/mol. The minimum absolute atomic E-state index is 0.0959. The van der Waals surface area contributed by atoms with E-state index in [1.165, 1.54) is 6.07 Å². The maximum atomic E-state index is 12.6. The zero-order valence-corrected chi connectivity index (χ0v) is 14.3. The number of rotatable bonds is 4. The number of carboxylic acid groups (broad SMARTS) is 1. The second-order valence-corrected chi connectivity index (χ2v) is 6.00. The standard InChI is InChI=1S/C20H15N3O4/c1-27-18-4-2-3-11-8-16(21-10-14(11)18)19(24)22-13-5-6-15-12(7-13)9-17(23-15)20(25)26/h2-10,23H,1H3,(H,22,24)(H,25,26). The molecule has 4 aromatic rings. The lowest BCUT2D eigenvalue weighted by molar-refractivity contribution is 0.0691. The molecule has 2 aromatic carbocycles. The Hall–Kier alpha value is -3.87. The van der Waals surface area contributed by atoms with Crippen molar-refractivity contribution in [3.8, 4) is 5.75 Å². The fourth-order valence-electron chi connectivity index (χ4n) is 2.97. The van der Waals surface area contributed by atoms with Crippen molar-refractivity contribution in [2.75, 3.05) is 12.4 Å². The number of hydrogen-bond donors (Lipinski definition) is 3. The van der Waals surface area contributed by atoms with Crippen LogP contribution in [0.15, 0.2) is 54.7 Å². The van der Waals surface area contributed by atoms with Crippen LogP contribution in [0.4, 0.5) is 5.69 Å². The van der Waals surface area contributed by atoms with Gasteiger partial charge in [-0.15, -0.1) is 0 Å². The Morgan fingerprint density at radius 3 is 2.74 bits per heavy atom. The molecule has 3 N–H and O–H groups in total. The number of carbonyl (C=O) groups is 2. The number of hydrogen-bond acceptors (Lipinski definition) is 4. The van der Waals surface area contributed by atoms with E-state index < -0.39 is 5.97 Å². The van der Waals surface area contributed by atoms with Gasteiger partial charge < -0.3 is 20.1 Å². The Morgan fingerprint density at radius 1 is 1.11 bits per heavy atom. The van der Waals surface area contributed by atoms with E-state index in [1.54, 1.807) is 37.6 Å². The van der Waals surface area contributed by atoms with Crippen LogP contribution in [-0.4, -0.2) is 34.1 Å².